The Morgan fingerprint density at radius 2 is 2.00 bits per heavy atom. The number of aromatic carboxylic acids is 1. The van der Waals surface area contributed by atoms with Crippen molar-refractivity contribution >= 4 is 40.8 Å². The number of carbonyl (C=O) groups is 2. The van der Waals surface area contributed by atoms with Gasteiger partial charge in [-0.2, -0.15) is 0 Å². The second kappa shape index (κ2) is 6.90. The van der Waals surface area contributed by atoms with Crippen LogP contribution in [-0.4, -0.2) is 33.6 Å². The van der Waals surface area contributed by atoms with Crippen LogP contribution in [0.4, 0.5) is 5.69 Å². The third kappa shape index (κ3) is 3.06. The monoisotopic (exact) mass is 372 g/mol. The number of carboxylic acid groups (broad SMARTS) is 1. The van der Waals surface area contributed by atoms with Gasteiger partial charge in [0.25, 0.3) is 5.69 Å². The Morgan fingerprint density at radius 1 is 1.33 bits per heavy atom. The minimum absolute atomic E-state index is 0.0228. The lowest BCUT2D eigenvalue weighted by molar-refractivity contribution is -0.384. The van der Waals surface area contributed by atoms with Crippen molar-refractivity contribution in [3.8, 4) is 11.1 Å². The molecule has 0 aliphatic rings. The van der Waals surface area contributed by atoms with Crippen LogP contribution in [-0.2, 0) is 4.74 Å². The number of ether oxygens (including phenoxy) is 1. The van der Waals surface area contributed by atoms with E-state index in [4.69, 9.17) is 33.0 Å². The van der Waals surface area contributed by atoms with E-state index in [2.05, 4.69) is 4.98 Å². The SMILES string of the molecule is CCOC(=O)c1[nH]c(C(=O)O)c(Cl)c1-c1cccc(Cl)c1[N+](=O)[O-]. The number of rotatable bonds is 5. The summed E-state index contributed by atoms with van der Waals surface area (Å²) in [4.78, 5) is 36.3. The van der Waals surface area contributed by atoms with E-state index in [1.807, 2.05) is 0 Å². The third-order valence-corrected chi connectivity index (χ3v) is 3.75. The molecule has 8 nitrogen and oxygen atoms in total. The van der Waals surface area contributed by atoms with Crippen molar-refractivity contribution in [2.45, 2.75) is 6.92 Å². The first-order valence-electron chi connectivity index (χ1n) is 6.54. The van der Waals surface area contributed by atoms with Gasteiger partial charge in [0.2, 0.25) is 0 Å². The normalized spacial score (nSPS) is 10.5. The van der Waals surface area contributed by atoms with Gasteiger partial charge in [0.05, 0.1) is 22.1 Å². The van der Waals surface area contributed by atoms with Crippen molar-refractivity contribution in [1.29, 1.82) is 0 Å². The molecule has 0 spiro atoms. The molecule has 24 heavy (non-hydrogen) atoms. The molecule has 0 atom stereocenters. The quantitative estimate of drug-likeness (QED) is 0.467. The van der Waals surface area contributed by atoms with Gasteiger partial charge in [0.1, 0.15) is 16.4 Å². The first-order valence-corrected chi connectivity index (χ1v) is 7.30. The van der Waals surface area contributed by atoms with Crippen LogP contribution in [0, 0.1) is 10.1 Å². The number of nitrogens with one attached hydrogen (secondary N) is 1. The molecule has 0 saturated carbocycles. The van der Waals surface area contributed by atoms with Crippen LogP contribution in [0.2, 0.25) is 10.0 Å². The summed E-state index contributed by atoms with van der Waals surface area (Å²) in [7, 11) is 0. The highest BCUT2D eigenvalue weighted by Crippen LogP contribution is 2.42. The molecule has 0 aliphatic heterocycles. The minimum atomic E-state index is -1.43. The van der Waals surface area contributed by atoms with Gasteiger partial charge in [0, 0.05) is 5.56 Å². The van der Waals surface area contributed by atoms with Gasteiger partial charge in [-0.25, -0.2) is 9.59 Å². The van der Waals surface area contributed by atoms with Gasteiger partial charge in [-0.15, -0.1) is 0 Å². The largest absolute Gasteiger partial charge is 0.477 e. The highest BCUT2D eigenvalue weighted by Gasteiger charge is 2.31. The van der Waals surface area contributed by atoms with Crippen LogP contribution in [0.1, 0.15) is 27.9 Å². The summed E-state index contributed by atoms with van der Waals surface area (Å²) in [5.41, 5.74) is -1.53. The van der Waals surface area contributed by atoms with Crippen molar-refractivity contribution < 1.29 is 24.4 Å². The molecule has 1 heterocycles. The smallest absolute Gasteiger partial charge is 0.355 e. The van der Waals surface area contributed by atoms with Crippen molar-refractivity contribution in [1.82, 2.24) is 4.98 Å². The number of hydrogen-bond acceptors (Lipinski definition) is 5. The highest BCUT2D eigenvalue weighted by molar-refractivity contribution is 6.38. The summed E-state index contributed by atoms with van der Waals surface area (Å²) in [5.74, 6) is -2.32. The number of nitro benzene ring substituents is 1. The van der Waals surface area contributed by atoms with E-state index in [1.54, 1.807) is 6.92 Å². The van der Waals surface area contributed by atoms with Crippen molar-refractivity contribution in [2.24, 2.45) is 0 Å². The number of aromatic nitrogens is 1. The average Bonchev–Trinajstić information content (AvgIpc) is 2.84. The van der Waals surface area contributed by atoms with E-state index < -0.39 is 28.2 Å². The molecule has 0 radical (unpaired) electrons. The topological polar surface area (TPSA) is 123 Å². The van der Waals surface area contributed by atoms with Crippen molar-refractivity contribution in [2.75, 3.05) is 6.61 Å². The van der Waals surface area contributed by atoms with Crippen molar-refractivity contribution in [3.05, 3.63) is 49.7 Å². The van der Waals surface area contributed by atoms with Crippen LogP contribution < -0.4 is 0 Å². The summed E-state index contributed by atoms with van der Waals surface area (Å²) in [6, 6.07) is 4.03. The van der Waals surface area contributed by atoms with Crippen LogP contribution in [0.15, 0.2) is 18.2 Å². The first kappa shape index (κ1) is 17.8. The Morgan fingerprint density at radius 3 is 2.54 bits per heavy atom. The van der Waals surface area contributed by atoms with E-state index in [9.17, 15) is 19.7 Å². The van der Waals surface area contributed by atoms with Crippen LogP contribution >= 0.6 is 23.2 Å². The number of nitro groups is 1. The van der Waals surface area contributed by atoms with E-state index >= 15 is 0 Å². The number of para-hydroxylation sites is 1. The summed E-state index contributed by atoms with van der Waals surface area (Å²) in [6.07, 6.45) is 0. The molecular formula is C14H10Cl2N2O6. The Kier molecular flexibility index (Phi) is 5.10. The first-order chi connectivity index (χ1) is 11.3. The number of carbonyl (C=O) groups excluding carboxylic acids is 1. The maximum atomic E-state index is 12.1. The standard InChI is InChI=1S/C14H10Cl2N2O6/c1-2-24-14(21)10-8(9(16)11(17-10)13(19)20)6-4-3-5-7(15)12(6)18(22)23/h3-5,17H,2H2,1H3,(H,19,20). The molecule has 2 rings (SSSR count). The Balaban J connectivity index is 2.84. The number of aromatic amines is 1. The molecule has 2 aromatic rings. The predicted octanol–water partition coefficient (Wildman–Crippen LogP) is 3.77. The molecular weight excluding hydrogens is 363 g/mol. The van der Waals surface area contributed by atoms with Crippen LogP contribution in [0.3, 0.4) is 0 Å². The van der Waals surface area contributed by atoms with E-state index in [0.29, 0.717) is 0 Å². The van der Waals surface area contributed by atoms with E-state index in [-0.39, 0.29) is 33.5 Å². The second-order valence-corrected chi connectivity index (χ2v) is 5.27. The summed E-state index contributed by atoms with van der Waals surface area (Å²) in [5, 5.41) is 19.9. The summed E-state index contributed by atoms with van der Waals surface area (Å²) >= 11 is 11.9. The molecule has 0 unspecified atom stereocenters. The third-order valence-electron chi connectivity index (χ3n) is 3.07. The molecule has 0 aliphatic carbocycles. The van der Waals surface area contributed by atoms with Gasteiger partial charge in [-0.3, -0.25) is 10.1 Å². The Hall–Kier alpha value is -2.58. The maximum Gasteiger partial charge on any atom is 0.355 e. The molecule has 2 N–H and O–H groups in total. The zero-order valence-corrected chi connectivity index (χ0v) is 13.6. The average molecular weight is 373 g/mol. The van der Waals surface area contributed by atoms with Crippen LogP contribution in [0.5, 0.6) is 0 Å². The molecule has 126 valence electrons. The van der Waals surface area contributed by atoms with Crippen LogP contribution in [0.25, 0.3) is 11.1 Å². The molecule has 0 amide bonds. The van der Waals surface area contributed by atoms with E-state index in [0.717, 1.165) is 0 Å². The fraction of sp³-hybridized carbons (Fsp3) is 0.143. The van der Waals surface area contributed by atoms with Gasteiger partial charge in [0.15, 0.2) is 0 Å². The van der Waals surface area contributed by atoms with E-state index in [1.165, 1.54) is 18.2 Å². The lowest BCUT2D eigenvalue weighted by atomic mass is 10.0. The fourth-order valence-electron chi connectivity index (χ4n) is 2.14. The van der Waals surface area contributed by atoms with Crippen molar-refractivity contribution in [3.63, 3.8) is 0 Å². The molecule has 1 aromatic carbocycles. The maximum absolute atomic E-state index is 12.1. The zero-order chi connectivity index (χ0) is 18.0. The number of H-pyrrole nitrogens is 1. The lowest BCUT2D eigenvalue weighted by Crippen LogP contribution is -2.07. The number of nitrogens with zero attached hydrogens (tertiary/aromatic N) is 1. The molecule has 10 heteroatoms. The summed E-state index contributed by atoms with van der Waals surface area (Å²) in [6.45, 7) is 1.58. The number of hydrogen-bond donors (Lipinski definition) is 2. The Bertz CT molecular complexity index is 846. The Labute approximate surface area is 145 Å². The molecule has 0 saturated heterocycles. The van der Waals surface area contributed by atoms with Gasteiger partial charge < -0.3 is 14.8 Å². The highest BCUT2D eigenvalue weighted by atomic mass is 35.5. The minimum Gasteiger partial charge on any atom is -0.477 e. The second-order valence-electron chi connectivity index (χ2n) is 4.48. The zero-order valence-electron chi connectivity index (χ0n) is 12.1. The molecule has 1 aromatic heterocycles. The van der Waals surface area contributed by atoms with Gasteiger partial charge in [-0.05, 0) is 19.1 Å². The molecule has 0 bridgehead atoms. The van der Waals surface area contributed by atoms with Gasteiger partial charge >= 0.3 is 11.9 Å². The number of benzene rings is 1. The fourth-order valence-corrected chi connectivity index (χ4v) is 2.70. The van der Waals surface area contributed by atoms with Gasteiger partial charge in [-0.1, -0.05) is 29.3 Å². The number of esters is 1. The predicted molar refractivity (Wildman–Crippen MR) is 85.8 cm³/mol. The molecule has 0 fully saturated rings. The lowest BCUT2D eigenvalue weighted by Gasteiger charge is -2.07. The number of halogens is 2. The number of carboxylic acids is 1. The summed E-state index contributed by atoms with van der Waals surface area (Å²) < 4.78 is 4.84.